The Bertz CT molecular complexity index is 972. The Labute approximate surface area is 186 Å². The first-order valence-electron chi connectivity index (χ1n) is 11.5. The third kappa shape index (κ3) is 3.97. The van der Waals surface area contributed by atoms with Crippen molar-refractivity contribution in [2.24, 2.45) is 11.3 Å². The normalized spacial score (nSPS) is 27.7. The summed E-state index contributed by atoms with van der Waals surface area (Å²) in [6.07, 6.45) is 9.80. The number of ketones is 1. The topological polar surface area (TPSA) is 70.4 Å². The van der Waals surface area contributed by atoms with Gasteiger partial charge in [-0.1, -0.05) is 52.0 Å². The molecule has 3 aliphatic rings. The molecule has 1 aromatic carbocycles. The van der Waals surface area contributed by atoms with Crippen molar-refractivity contribution in [3.05, 3.63) is 70.1 Å². The lowest BCUT2D eigenvalue weighted by molar-refractivity contribution is -0.118. The van der Waals surface area contributed by atoms with E-state index in [4.69, 9.17) is 5.84 Å². The Morgan fingerprint density at radius 1 is 1.23 bits per heavy atom. The van der Waals surface area contributed by atoms with E-state index in [2.05, 4.69) is 80.7 Å². The van der Waals surface area contributed by atoms with Gasteiger partial charge >= 0.3 is 0 Å². The van der Waals surface area contributed by atoms with E-state index in [1.54, 1.807) is 0 Å². The number of benzene rings is 1. The third-order valence-electron chi connectivity index (χ3n) is 7.07. The van der Waals surface area contributed by atoms with E-state index in [0.29, 0.717) is 6.42 Å². The van der Waals surface area contributed by atoms with E-state index in [0.717, 1.165) is 36.2 Å². The summed E-state index contributed by atoms with van der Waals surface area (Å²) >= 11 is 0. The highest BCUT2D eigenvalue weighted by molar-refractivity contribution is 5.99. The number of nitrogens with zero attached hydrogens (tertiary/aromatic N) is 1. The minimum Gasteiger partial charge on any atom is -0.380 e. The van der Waals surface area contributed by atoms with Crippen molar-refractivity contribution in [1.82, 2.24) is 15.6 Å². The van der Waals surface area contributed by atoms with Crippen LogP contribution < -0.4 is 16.6 Å². The highest BCUT2D eigenvalue weighted by Gasteiger charge is 2.44. The predicted octanol–water partition coefficient (Wildman–Crippen LogP) is 3.68. The number of carbonyl (C=O) groups is 1. The lowest BCUT2D eigenvalue weighted by Crippen LogP contribution is -2.47. The SMILES string of the molecule is CCc1ccc(C2C3=C(CC(C)(C)CC3=O)NC3C=C(NN)C=CC3N2C)c(CC)c1. The molecule has 0 saturated carbocycles. The fourth-order valence-corrected chi connectivity index (χ4v) is 5.47. The third-order valence-corrected chi connectivity index (χ3v) is 7.07. The summed E-state index contributed by atoms with van der Waals surface area (Å²) < 4.78 is 0. The summed E-state index contributed by atoms with van der Waals surface area (Å²) in [5.41, 5.74) is 9.59. The van der Waals surface area contributed by atoms with Gasteiger partial charge in [-0.25, -0.2) is 0 Å². The highest BCUT2D eigenvalue weighted by Crippen LogP contribution is 2.45. The zero-order chi connectivity index (χ0) is 22.3. The van der Waals surface area contributed by atoms with Gasteiger partial charge < -0.3 is 10.7 Å². The molecule has 0 bridgehead atoms. The molecule has 31 heavy (non-hydrogen) atoms. The first kappa shape index (κ1) is 21.8. The predicted molar refractivity (Wildman–Crippen MR) is 126 cm³/mol. The molecule has 3 unspecified atom stereocenters. The summed E-state index contributed by atoms with van der Waals surface area (Å²) in [6, 6.07) is 6.92. The van der Waals surface area contributed by atoms with Crippen LogP contribution in [0.1, 0.15) is 63.3 Å². The molecule has 3 atom stereocenters. The van der Waals surface area contributed by atoms with Crippen LogP contribution in [0.2, 0.25) is 0 Å². The molecule has 0 saturated heterocycles. The Morgan fingerprint density at radius 2 is 2.00 bits per heavy atom. The number of Topliss-reactive ketones (excluding diaryl/α,β-unsaturated/α-hetero) is 1. The molecule has 0 fully saturated rings. The number of carbonyl (C=O) groups excluding carboxylic acids is 1. The average Bonchev–Trinajstić information content (AvgIpc) is 2.85. The molecule has 5 nitrogen and oxygen atoms in total. The molecule has 0 spiro atoms. The van der Waals surface area contributed by atoms with Crippen LogP contribution in [0, 0.1) is 5.41 Å². The standard InChI is InChI=1S/C26H36N4O/c1-6-16-8-10-19(17(7-2)12-16)25-24-21(14-26(3,4)15-23(24)31)28-20-13-18(29-27)9-11-22(20)30(25)5/h8-13,20,22,25,28-29H,6-7,14-15,27H2,1-5H3. The van der Waals surface area contributed by atoms with Gasteiger partial charge in [0, 0.05) is 23.4 Å². The lowest BCUT2D eigenvalue weighted by atomic mass is 9.73. The fraction of sp³-hybridized carbons (Fsp3) is 0.500. The smallest absolute Gasteiger partial charge is 0.163 e. The molecular formula is C26H36N4O. The number of nitrogens with one attached hydrogen (secondary N) is 2. The summed E-state index contributed by atoms with van der Waals surface area (Å²) in [4.78, 5) is 16.0. The number of hydrazine groups is 1. The van der Waals surface area contributed by atoms with Gasteiger partial charge in [0.1, 0.15) is 0 Å². The number of rotatable bonds is 4. The van der Waals surface area contributed by atoms with Gasteiger partial charge in [0.2, 0.25) is 0 Å². The molecule has 1 aromatic rings. The van der Waals surface area contributed by atoms with Crippen LogP contribution in [0.15, 0.2) is 53.4 Å². The monoisotopic (exact) mass is 420 g/mol. The maximum atomic E-state index is 13.6. The number of likely N-dealkylation sites (N-methyl/N-ethyl adjacent to an activating group) is 1. The van der Waals surface area contributed by atoms with Crippen LogP contribution in [0.5, 0.6) is 0 Å². The second kappa shape index (κ2) is 8.29. The number of fused-ring (bicyclic) bond motifs is 1. The maximum Gasteiger partial charge on any atom is 0.163 e. The van der Waals surface area contributed by atoms with Gasteiger partial charge in [-0.15, -0.1) is 0 Å². The van der Waals surface area contributed by atoms with Gasteiger partial charge in [-0.3, -0.25) is 15.5 Å². The zero-order valence-corrected chi connectivity index (χ0v) is 19.5. The summed E-state index contributed by atoms with van der Waals surface area (Å²) in [5, 5.41) is 3.75. The molecule has 0 aromatic heterocycles. The molecule has 4 rings (SSSR count). The highest BCUT2D eigenvalue weighted by atomic mass is 16.1. The molecular weight excluding hydrogens is 384 g/mol. The average molecular weight is 421 g/mol. The number of nitrogens with two attached hydrogens (primary N) is 1. The first-order valence-corrected chi connectivity index (χ1v) is 11.5. The molecule has 1 heterocycles. The van der Waals surface area contributed by atoms with E-state index in [9.17, 15) is 4.79 Å². The van der Waals surface area contributed by atoms with Crippen LogP contribution in [-0.4, -0.2) is 29.8 Å². The van der Waals surface area contributed by atoms with Crippen molar-refractivity contribution in [3.8, 4) is 0 Å². The molecule has 0 amide bonds. The van der Waals surface area contributed by atoms with Crippen LogP contribution in [0.4, 0.5) is 0 Å². The minimum atomic E-state index is -0.0626. The summed E-state index contributed by atoms with van der Waals surface area (Å²) in [5.74, 6) is 5.97. The van der Waals surface area contributed by atoms with Gasteiger partial charge in [0.25, 0.3) is 0 Å². The van der Waals surface area contributed by atoms with Crippen LogP contribution in [0.25, 0.3) is 0 Å². The summed E-state index contributed by atoms with van der Waals surface area (Å²) in [6.45, 7) is 8.78. The molecule has 1 aliphatic heterocycles. The molecule has 0 radical (unpaired) electrons. The largest absolute Gasteiger partial charge is 0.380 e. The van der Waals surface area contributed by atoms with E-state index in [-0.39, 0.29) is 29.3 Å². The lowest BCUT2D eigenvalue weighted by Gasteiger charge is -2.38. The molecule has 4 N–H and O–H groups in total. The Hall–Kier alpha value is -2.37. The Morgan fingerprint density at radius 3 is 2.68 bits per heavy atom. The number of hydrogen-bond donors (Lipinski definition) is 3. The van der Waals surface area contributed by atoms with Gasteiger partial charge in [0.05, 0.1) is 18.1 Å². The first-order chi connectivity index (χ1) is 14.8. The van der Waals surface area contributed by atoms with Crippen molar-refractivity contribution >= 4 is 5.78 Å². The number of aryl methyl sites for hydroxylation is 2. The van der Waals surface area contributed by atoms with Crippen molar-refractivity contribution in [3.63, 3.8) is 0 Å². The van der Waals surface area contributed by atoms with Crippen molar-refractivity contribution in [2.75, 3.05) is 7.05 Å². The van der Waals surface area contributed by atoms with Crippen LogP contribution >= 0.6 is 0 Å². The summed E-state index contributed by atoms with van der Waals surface area (Å²) in [7, 11) is 2.15. The van der Waals surface area contributed by atoms with Crippen molar-refractivity contribution in [1.29, 1.82) is 0 Å². The van der Waals surface area contributed by atoms with Crippen molar-refractivity contribution in [2.45, 2.75) is 71.5 Å². The Balaban J connectivity index is 1.90. The van der Waals surface area contributed by atoms with Crippen molar-refractivity contribution < 1.29 is 4.79 Å². The van der Waals surface area contributed by atoms with E-state index in [1.807, 2.05) is 6.08 Å². The molecule has 5 heteroatoms. The second-order valence-corrected chi connectivity index (χ2v) is 9.93. The van der Waals surface area contributed by atoms with Crippen LogP contribution in [-0.2, 0) is 17.6 Å². The van der Waals surface area contributed by atoms with Crippen LogP contribution in [0.3, 0.4) is 0 Å². The molecule has 166 valence electrons. The van der Waals surface area contributed by atoms with Gasteiger partial charge in [0.15, 0.2) is 5.78 Å². The second-order valence-electron chi connectivity index (χ2n) is 9.93. The Kier molecular flexibility index (Phi) is 5.84. The molecule has 2 aliphatic carbocycles. The van der Waals surface area contributed by atoms with E-state index >= 15 is 0 Å². The minimum absolute atomic E-state index is 0.0469. The van der Waals surface area contributed by atoms with E-state index in [1.165, 1.54) is 16.7 Å². The number of allylic oxidation sites excluding steroid dienone is 2. The zero-order valence-electron chi connectivity index (χ0n) is 19.5. The number of hydrogen-bond acceptors (Lipinski definition) is 5. The fourth-order valence-electron chi connectivity index (χ4n) is 5.47. The van der Waals surface area contributed by atoms with Gasteiger partial charge in [-0.05, 0) is 60.6 Å². The van der Waals surface area contributed by atoms with E-state index < -0.39 is 0 Å². The van der Waals surface area contributed by atoms with Gasteiger partial charge in [-0.2, -0.15) is 0 Å². The quantitative estimate of drug-likeness (QED) is 0.512. The maximum absolute atomic E-state index is 13.6.